The number of fused-ring (bicyclic) bond motifs is 1. The first-order valence-corrected chi connectivity index (χ1v) is 7.25. The first-order valence-electron chi connectivity index (χ1n) is 7.25. The minimum atomic E-state index is -0.736. The van der Waals surface area contributed by atoms with Crippen molar-refractivity contribution in [3.05, 3.63) is 53.4 Å². The highest BCUT2D eigenvalue weighted by atomic mass is 19.1. The summed E-state index contributed by atoms with van der Waals surface area (Å²) in [4.78, 5) is 13.8. The minimum absolute atomic E-state index is 0.451. The maximum Gasteiger partial charge on any atom is 0.282 e. The highest BCUT2D eigenvalue weighted by molar-refractivity contribution is 5.95. The number of carbonyl (C=O) groups excluding carboxylic acids is 1. The van der Waals surface area contributed by atoms with Gasteiger partial charge in [-0.05, 0) is 18.6 Å². The van der Waals surface area contributed by atoms with Gasteiger partial charge >= 0.3 is 0 Å². The molecule has 3 rings (SSSR count). The molecule has 6 heteroatoms. The number of amides is 1. The molecule has 2 heterocycles. The van der Waals surface area contributed by atoms with Crippen molar-refractivity contribution in [1.82, 2.24) is 19.7 Å². The van der Waals surface area contributed by atoms with E-state index in [4.69, 9.17) is 0 Å². The summed E-state index contributed by atoms with van der Waals surface area (Å²) < 4.78 is 16.1. The van der Waals surface area contributed by atoms with E-state index in [1.807, 2.05) is 29.7 Å². The molecule has 0 aliphatic carbocycles. The predicted octanol–water partition coefficient (Wildman–Crippen LogP) is 1.98. The summed E-state index contributed by atoms with van der Waals surface area (Å²) in [6.45, 7) is 3.39. The van der Waals surface area contributed by atoms with Crippen LogP contribution in [0, 0.1) is 6.92 Å². The van der Waals surface area contributed by atoms with Gasteiger partial charge in [0.1, 0.15) is 11.6 Å². The Labute approximate surface area is 128 Å². The molecule has 114 valence electrons. The highest BCUT2D eigenvalue weighted by Gasteiger charge is 2.23. The van der Waals surface area contributed by atoms with Crippen molar-refractivity contribution in [2.24, 2.45) is 0 Å². The second kappa shape index (κ2) is 6.09. The Bertz CT molecular complexity index is 708. The van der Waals surface area contributed by atoms with Crippen LogP contribution in [0.25, 0.3) is 6.08 Å². The number of aromatic nitrogens is 3. The Morgan fingerprint density at radius 2 is 1.95 bits per heavy atom. The molecule has 0 unspecified atom stereocenters. The molecule has 0 saturated heterocycles. The predicted molar refractivity (Wildman–Crippen MR) is 80.6 cm³/mol. The van der Waals surface area contributed by atoms with Crippen molar-refractivity contribution in [3.63, 3.8) is 0 Å². The lowest BCUT2D eigenvalue weighted by atomic mass is 10.2. The molecule has 1 aliphatic heterocycles. The van der Waals surface area contributed by atoms with Gasteiger partial charge in [0.05, 0.1) is 0 Å². The van der Waals surface area contributed by atoms with Crippen LogP contribution in [0.4, 0.5) is 4.39 Å². The summed E-state index contributed by atoms with van der Waals surface area (Å²) in [5, 5.41) is 8.11. The van der Waals surface area contributed by atoms with Gasteiger partial charge in [-0.25, -0.2) is 4.39 Å². The van der Waals surface area contributed by atoms with Gasteiger partial charge < -0.3 is 9.47 Å². The van der Waals surface area contributed by atoms with Crippen molar-refractivity contribution >= 4 is 12.0 Å². The van der Waals surface area contributed by atoms with E-state index >= 15 is 0 Å². The van der Waals surface area contributed by atoms with E-state index < -0.39 is 11.7 Å². The maximum atomic E-state index is 14.2. The van der Waals surface area contributed by atoms with E-state index in [-0.39, 0.29) is 0 Å². The molecule has 0 saturated carbocycles. The standard InChI is InChI=1S/C16H17FN4O/c1-12-18-19-15-7-8-20(9-10-21(12)15)16(22)14(17)11-13-5-3-2-4-6-13/h2-6,11H,7-10H2,1H3/b14-11-. The average Bonchev–Trinajstić information content (AvgIpc) is 2.76. The van der Waals surface area contributed by atoms with Crippen LogP contribution >= 0.6 is 0 Å². The number of hydrogen-bond acceptors (Lipinski definition) is 3. The van der Waals surface area contributed by atoms with Crippen LogP contribution in [-0.2, 0) is 17.8 Å². The SMILES string of the molecule is Cc1nnc2n1CCN(C(=O)/C(F)=C/c1ccccc1)CC2. The normalized spacial score (nSPS) is 15.4. The molecular weight excluding hydrogens is 283 g/mol. The van der Waals surface area contributed by atoms with Gasteiger partial charge in [0.2, 0.25) is 0 Å². The number of halogens is 1. The quantitative estimate of drug-likeness (QED) is 0.797. The number of nitrogens with zero attached hydrogens (tertiary/aromatic N) is 4. The summed E-state index contributed by atoms with van der Waals surface area (Å²) in [5.41, 5.74) is 0.677. The van der Waals surface area contributed by atoms with Gasteiger partial charge in [-0.15, -0.1) is 10.2 Å². The third-order valence-electron chi connectivity index (χ3n) is 3.80. The van der Waals surface area contributed by atoms with Crippen LogP contribution in [0.15, 0.2) is 36.2 Å². The van der Waals surface area contributed by atoms with Crippen LogP contribution in [-0.4, -0.2) is 38.7 Å². The van der Waals surface area contributed by atoms with Crippen LogP contribution < -0.4 is 0 Å². The molecule has 0 fully saturated rings. The Morgan fingerprint density at radius 1 is 1.18 bits per heavy atom. The monoisotopic (exact) mass is 300 g/mol. The largest absolute Gasteiger partial charge is 0.334 e. The molecule has 5 nitrogen and oxygen atoms in total. The van der Waals surface area contributed by atoms with Crippen LogP contribution in [0.2, 0.25) is 0 Å². The Balaban J connectivity index is 1.72. The molecule has 1 aromatic heterocycles. The van der Waals surface area contributed by atoms with Crippen molar-refractivity contribution in [1.29, 1.82) is 0 Å². The lowest BCUT2D eigenvalue weighted by molar-refractivity contribution is -0.128. The zero-order chi connectivity index (χ0) is 15.5. The molecule has 0 atom stereocenters. The molecular formula is C16H17FN4O. The maximum absolute atomic E-state index is 14.2. The third kappa shape index (κ3) is 2.90. The van der Waals surface area contributed by atoms with E-state index in [1.165, 1.54) is 11.0 Å². The first kappa shape index (κ1) is 14.4. The number of aryl methyl sites for hydroxylation is 1. The summed E-state index contributed by atoms with van der Waals surface area (Å²) in [7, 11) is 0. The minimum Gasteiger partial charge on any atom is -0.334 e. The fourth-order valence-electron chi connectivity index (χ4n) is 2.58. The number of carbonyl (C=O) groups is 1. The van der Waals surface area contributed by atoms with Gasteiger partial charge in [-0.3, -0.25) is 4.79 Å². The van der Waals surface area contributed by atoms with E-state index in [9.17, 15) is 9.18 Å². The zero-order valence-corrected chi connectivity index (χ0v) is 12.4. The van der Waals surface area contributed by atoms with Crippen LogP contribution in [0.1, 0.15) is 17.2 Å². The van der Waals surface area contributed by atoms with Gasteiger partial charge in [0, 0.05) is 26.1 Å². The van der Waals surface area contributed by atoms with E-state index in [0.717, 1.165) is 11.6 Å². The van der Waals surface area contributed by atoms with Crippen molar-refractivity contribution in [3.8, 4) is 0 Å². The lowest BCUT2D eigenvalue weighted by Gasteiger charge is -2.18. The van der Waals surface area contributed by atoms with Crippen molar-refractivity contribution in [2.45, 2.75) is 19.9 Å². The zero-order valence-electron chi connectivity index (χ0n) is 12.4. The smallest absolute Gasteiger partial charge is 0.282 e. The van der Waals surface area contributed by atoms with Gasteiger partial charge in [-0.1, -0.05) is 30.3 Å². The molecule has 2 aromatic rings. The molecule has 0 N–H and O–H groups in total. The molecule has 1 aromatic carbocycles. The number of benzene rings is 1. The molecule has 1 amide bonds. The summed E-state index contributed by atoms with van der Waals surface area (Å²) in [6.07, 6.45) is 1.86. The van der Waals surface area contributed by atoms with E-state index in [2.05, 4.69) is 10.2 Å². The first-order chi connectivity index (χ1) is 10.6. The fraction of sp³-hybridized carbons (Fsp3) is 0.312. The van der Waals surface area contributed by atoms with Gasteiger partial charge in [-0.2, -0.15) is 0 Å². The second-order valence-corrected chi connectivity index (χ2v) is 5.26. The summed E-state index contributed by atoms with van der Waals surface area (Å²) in [6, 6.07) is 9.00. The molecule has 0 bridgehead atoms. The molecule has 0 spiro atoms. The number of rotatable bonds is 2. The van der Waals surface area contributed by atoms with Gasteiger partial charge in [0.25, 0.3) is 5.91 Å². The van der Waals surface area contributed by atoms with Crippen molar-refractivity contribution < 1.29 is 9.18 Å². The van der Waals surface area contributed by atoms with E-state index in [1.54, 1.807) is 12.1 Å². The molecule has 1 aliphatic rings. The van der Waals surface area contributed by atoms with Crippen molar-refractivity contribution in [2.75, 3.05) is 13.1 Å². The van der Waals surface area contributed by atoms with E-state index in [0.29, 0.717) is 31.6 Å². The van der Waals surface area contributed by atoms with Crippen LogP contribution in [0.5, 0.6) is 0 Å². The fourth-order valence-corrected chi connectivity index (χ4v) is 2.58. The highest BCUT2D eigenvalue weighted by Crippen LogP contribution is 2.14. The molecule has 22 heavy (non-hydrogen) atoms. The Kier molecular flexibility index (Phi) is 4.00. The Hall–Kier alpha value is -2.50. The third-order valence-corrected chi connectivity index (χ3v) is 3.80. The Morgan fingerprint density at radius 3 is 2.73 bits per heavy atom. The number of hydrogen-bond donors (Lipinski definition) is 0. The lowest BCUT2D eigenvalue weighted by Crippen LogP contribution is -2.34. The summed E-state index contributed by atoms with van der Waals surface area (Å²) >= 11 is 0. The topological polar surface area (TPSA) is 51.0 Å². The molecule has 0 radical (unpaired) electrons. The van der Waals surface area contributed by atoms with Gasteiger partial charge in [0.15, 0.2) is 5.83 Å². The average molecular weight is 300 g/mol. The van der Waals surface area contributed by atoms with Crippen LogP contribution in [0.3, 0.4) is 0 Å². The summed E-state index contributed by atoms with van der Waals surface area (Å²) in [5.74, 6) is 0.366. The second-order valence-electron chi connectivity index (χ2n) is 5.26.